The smallest absolute Gasteiger partial charge is 0.0111 e. The summed E-state index contributed by atoms with van der Waals surface area (Å²) in [5, 5.41) is 0. The third-order valence-corrected chi connectivity index (χ3v) is 4.06. The van der Waals surface area contributed by atoms with Crippen molar-refractivity contribution in [1.29, 1.82) is 0 Å². The van der Waals surface area contributed by atoms with Crippen LogP contribution in [0.25, 0.3) is 0 Å². The maximum Gasteiger partial charge on any atom is -0.0111 e. The predicted octanol–water partition coefficient (Wildman–Crippen LogP) is 6.42. The lowest BCUT2D eigenvalue weighted by molar-refractivity contribution is 0.260. The van der Waals surface area contributed by atoms with Crippen LogP contribution in [-0.2, 0) is 0 Å². The molecule has 0 N–H and O–H groups in total. The molecule has 0 spiro atoms. The summed E-state index contributed by atoms with van der Waals surface area (Å²) in [7, 11) is 0. The molecule has 0 amide bonds. The Labute approximate surface area is 120 Å². The highest BCUT2D eigenvalue weighted by molar-refractivity contribution is 5.21. The third-order valence-electron chi connectivity index (χ3n) is 4.06. The first-order valence-electron chi connectivity index (χ1n) is 8.25. The van der Waals surface area contributed by atoms with Gasteiger partial charge in [0.2, 0.25) is 0 Å². The van der Waals surface area contributed by atoms with Crippen LogP contribution in [-0.4, -0.2) is 0 Å². The molecule has 1 unspecified atom stereocenters. The summed E-state index contributed by atoms with van der Waals surface area (Å²) >= 11 is 0. The highest BCUT2D eigenvalue weighted by Crippen LogP contribution is 2.40. The van der Waals surface area contributed by atoms with E-state index in [0.29, 0.717) is 0 Å². The van der Waals surface area contributed by atoms with Gasteiger partial charge in [0.05, 0.1) is 0 Å². The van der Waals surface area contributed by atoms with E-state index in [9.17, 15) is 0 Å². The van der Waals surface area contributed by atoms with E-state index in [1.54, 1.807) is 5.56 Å². The van der Waals surface area contributed by atoms with Gasteiger partial charge in [0, 0.05) is 0 Å². The Morgan fingerprint density at radius 2 is 1.47 bits per heavy atom. The minimum Gasteiger partial charge on any atom is -0.0656 e. The molecule has 1 saturated carbocycles. The molecule has 0 radical (unpaired) electrons. The van der Waals surface area contributed by atoms with Gasteiger partial charge >= 0.3 is 0 Å². The monoisotopic (exact) mass is 260 g/mol. The lowest BCUT2D eigenvalue weighted by Crippen LogP contribution is -2.20. The molecule has 1 aromatic carbocycles. The molecule has 0 nitrogen and oxygen atoms in total. The summed E-state index contributed by atoms with van der Waals surface area (Å²) in [5.74, 6) is 2.48. The van der Waals surface area contributed by atoms with Gasteiger partial charge in [-0.05, 0) is 36.2 Å². The molecule has 0 heterocycles. The van der Waals surface area contributed by atoms with Crippen molar-refractivity contribution in [3.8, 4) is 0 Å². The fraction of sp³-hybridized carbons (Fsp3) is 0.684. The van der Waals surface area contributed by atoms with Gasteiger partial charge in [0.1, 0.15) is 0 Å². The number of hydrogen-bond donors (Lipinski definition) is 0. The molecule has 1 aliphatic rings. The predicted molar refractivity (Wildman–Crippen MR) is 86.6 cm³/mol. The highest BCUT2D eigenvalue weighted by atomic mass is 14.3. The van der Waals surface area contributed by atoms with Gasteiger partial charge in [-0.15, -0.1) is 0 Å². The van der Waals surface area contributed by atoms with E-state index in [1.165, 1.54) is 38.5 Å². The Morgan fingerprint density at radius 3 is 1.95 bits per heavy atom. The van der Waals surface area contributed by atoms with Gasteiger partial charge in [-0.2, -0.15) is 0 Å². The molecule has 1 atom stereocenters. The van der Waals surface area contributed by atoms with Gasteiger partial charge in [-0.3, -0.25) is 0 Å². The van der Waals surface area contributed by atoms with E-state index in [1.807, 2.05) is 0 Å². The quantitative estimate of drug-likeness (QED) is 0.588. The summed E-state index contributed by atoms with van der Waals surface area (Å²) < 4.78 is 0. The molecule has 0 heteroatoms. The van der Waals surface area contributed by atoms with Crippen molar-refractivity contribution < 1.29 is 0 Å². The SMILES string of the molecule is CC(C)C(c1ccccc1)C1CCCCC1.CCC. The summed E-state index contributed by atoms with van der Waals surface area (Å²) in [6.07, 6.45) is 8.48. The van der Waals surface area contributed by atoms with E-state index in [0.717, 1.165) is 17.8 Å². The Bertz CT molecular complexity index is 306. The first-order valence-corrected chi connectivity index (χ1v) is 8.25. The van der Waals surface area contributed by atoms with Gasteiger partial charge in [0.25, 0.3) is 0 Å². The third kappa shape index (κ3) is 5.38. The molecule has 1 aromatic rings. The van der Waals surface area contributed by atoms with Crippen molar-refractivity contribution in [1.82, 2.24) is 0 Å². The largest absolute Gasteiger partial charge is 0.0656 e. The van der Waals surface area contributed by atoms with Crippen LogP contribution < -0.4 is 0 Å². The normalized spacial score (nSPS) is 17.7. The summed E-state index contributed by atoms with van der Waals surface area (Å²) in [5.41, 5.74) is 1.56. The lowest BCUT2D eigenvalue weighted by Gasteiger charge is -2.33. The van der Waals surface area contributed by atoms with Crippen molar-refractivity contribution in [3.63, 3.8) is 0 Å². The van der Waals surface area contributed by atoms with Gasteiger partial charge < -0.3 is 0 Å². The van der Waals surface area contributed by atoms with Crippen LogP contribution in [0, 0.1) is 11.8 Å². The average Bonchev–Trinajstić information content (AvgIpc) is 2.42. The molecule has 0 aromatic heterocycles. The van der Waals surface area contributed by atoms with Crippen molar-refractivity contribution in [2.45, 2.75) is 72.1 Å². The molecule has 2 rings (SSSR count). The zero-order valence-electron chi connectivity index (χ0n) is 13.4. The molecule has 0 saturated heterocycles. The summed E-state index contributed by atoms with van der Waals surface area (Å²) in [4.78, 5) is 0. The average molecular weight is 260 g/mol. The minimum atomic E-state index is 0.769. The van der Waals surface area contributed by atoms with Crippen LogP contribution in [0.2, 0.25) is 0 Å². The van der Waals surface area contributed by atoms with Crippen LogP contribution >= 0.6 is 0 Å². The van der Waals surface area contributed by atoms with Crippen LogP contribution in [0.5, 0.6) is 0 Å². The molecule has 0 aliphatic heterocycles. The highest BCUT2D eigenvalue weighted by Gasteiger charge is 2.27. The van der Waals surface area contributed by atoms with E-state index >= 15 is 0 Å². The van der Waals surface area contributed by atoms with Crippen LogP contribution in [0.15, 0.2) is 30.3 Å². The minimum absolute atomic E-state index is 0.769. The molecule has 1 aliphatic carbocycles. The summed E-state index contributed by atoms with van der Waals surface area (Å²) in [6, 6.07) is 11.1. The first-order chi connectivity index (χ1) is 9.20. The maximum atomic E-state index is 2.38. The fourth-order valence-electron chi connectivity index (χ4n) is 3.37. The van der Waals surface area contributed by atoms with Crippen molar-refractivity contribution in [2.24, 2.45) is 11.8 Å². The molecule has 108 valence electrons. The molecule has 0 bridgehead atoms. The molecular formula is C19H32. The Morgan fingerprint density at radius 1 is 0.947 bits per heavy atom. The number of rotatable bonds is 3. The van der Waals surface area contributed by atoms with Crippen LogP contribution in [0.4, 0.5) is 0 Å². The van der Waals surface area contributed by atoms with Gasteiger partial charge in [-0.1, -0.05) is 83.7 Å². The van der Waals surface area contributed by atoms with Crippen LogP contribution in [0.3, 0.4) is 0 Å². The Balaban J connectivity index is 0.000000550. The topological polar surface area (TPSA) is 0 Å². The Kier molecular flexibility index (Phi) is 7.86. The van der Waals surface area contributed by atoms with E-state index in [2.05, 4.69) is 58.0 Å². The summed E-state index contributed by atoms with van der Waals surface area (Å²) in [6.45, 7) is 9.01. The molecular weight excluding hydrogens is 228 g/mol. The molecule has 1 fully saturated rings. The molecule has 19 heavy (non-hydrogen) atoms. The van der Waals surface area contributed by atoms with Crippen molar-refractivity contribution in [3.05, 3.63) is 35.9 Å². The second-order valence-electron chi connectivity index (χ2n) is 6.29. The van der Waals surface area contributed by atoms with E-state index < -0.39 is 0 Å². The zero-order valence-corrected chi connectivity index (χ0v) is 13.4. The zero-order chi connectivity index (χ0) is 14.1. The maximum absolute atomic E-state index is 2.38. The number of hydrogen-bond acceptors (Lipinski definition) is 0. The van der Waals surface area contributed by atoms with Crippen LogP contribution in [0.1, 0.15) is 77.7 Å². The van der Waals surface area contributed by atoms with Gasteiger partial charge in [0.15, 0.2) is 0 Å². The second-order valence-corrected chi connectivity index (χ2v) is 6.29. The first kappa shape index (κ1) is 16.3. The van der Waals surface area contributed by atoms with Crippen molar-refractivity contribution >= 4 is 0 Å². The van der Waals surface area contributed by atoms with E-state index in [4.69, 9.17) is 0 Å². The number of benzene rings is 1. The van der Waals surface area contributed by atoms with E-state index in [-0.39, 0.29) is 0 Å². The lowest BCUT2D eigenvalue weighted by atomic mass is 9.72. The van der Waals surface area contributed by atoms with Gasteiger partial charge in [-0.25, -0.2) is 0 Å². The fourth-order valence-corrected chi connectivity index (χ4v) is 3.37. The second kappa shape index (κ2) is 9.18. The van der Waals surface area contributed by atoms with Crippen molar-refractivity contribution in [2.75, 3.05) is 0 Å². The Hall–Kier alpha value is -0.780. The standard InChI is InChI=1S/C16H24.C3H8/c1-13(2)16(14-9-5-3-6-10-14)15-11-7-4-8-12-15;1-3-2/h3,5-6,9-10,13,15-16H,4,7-8,11-12H2,1-2H3;3H2,1-2H3.